The molecule has 2 aromatic rings. The first-order valence-corrected chi connectivity index (χ1v) is 8.86. The van der Waals surface area contributed by atoms with E-state index in [2.05, 4.69) is 17.0 Å². The monoisotopic (exact) mass is 353 g/mol. The van der Waals surface area contributed by atoms with Crippen LogP contribution in [0.3, 0.4) is 0 Å². The first kappa shape index (κ1) is 16.7. The van der Waals surface area contributed by atoms with Gasteiger partial charge in [-0.15, -0.1) is 0 Å². The molecule has 3 heterocycles. The van der Waals surface area contributed by atoms with Gasteiger partial charge < -0.3 is 19.3 Å². The van der Waals surface area contributed by atoms with Crippen LogP contribution >= 0.6 is 0 Å². The molecule has 2 aliphatic heterocycles. The largest absolute Gasteiger partial charge is 0.454 e. The van der Waals surface area contributed by atoms with Crippen LogP contribution in [-0.4, -0.2) is 49.8 Å². The third kappa shape index (κ3) is 3.07. The second-order valence-corrected chi connectivity index (χ2v) is 7.09. The number of amides is 1. The number of carbonyl (C=O) groups is 1. The van der Waals surface area contributed by atoms with Crippen LogP contribution in [0, 0.1) is 6.92 Å². The molecule has 0 unspecified atom stereocenters. The van der Waals surface area contributed by atoms with Gasteiger partial charge in [0.15, 0.2) is 11.5 Å². The molecule has 1 fully saturated rings. The molecule has 4 rings (SSSR count). The van der Waals surface area contributed by atoms with Crippen molar-refractivity contribution in [2.24, 2.45) is 0 Å². The highest BCUT2D eigenvalue weighted by atomic mass is 16.7. The summed E-state index contributed by atoms with van der Waals surface area (Å²) in [7, 11) is 4.06. The van der Waals surface area contributed by atoms with Crippen LogP contribution < -0.4 is 14.4 Å². The second kappa shape index (κ2) is 6.52. The number of fused-ring (bicyclic) bond motifs is 1. The van der Waals surface area contributed by atoms with Gasteiger partial charge in [0.05, 0.1) is 0 Å². The lowest BCUT2D eigenvalue weighted by atomic mass is 10.0. The van der Waals surface area contributed by atoms with Gasteiger partial charge in [0.25, 0.3) is 5.91 Å². The number of anilines is 1. The number of pyridine rings is 1. The van der Waals surface area contributed by atoms with Crippen molar-refractivity contribution in [3.63, 3.8) is 0 Å². The summed E-state index contributed by atoms with van der Waals surface area (Å²) in [6.45, 7) is 3.66. The summed E-state index contributed by atoms with van der Waals surface area (Å²) in [5.74, 6) is 1.64. The van der Waals surface area contributed by atoms with E-state index in [9.17, 15) is 4.79 Å². The van der Waals surface area contributed by atoms with Gasteiger partial charge in [-0.25, -0.2) is 0 Å². The highest BCUT2D eigenvalue weighted by Crippen LogP contribution is 2.34. The summed E-state index contributed by atoms with van der Waals surface area (Å²) in [6.07, 6.45) is 0.930. The fourth-order valence-electron chi connectivity index (χ4n) is 3.54. The molecule has 0 saturated carbocycles. The van der Waals surface area contributed by atoms with Crippen LogP contribution in [0.15, 0.2) is 30.3 Å². The van der Waals surface area contributed by atoms with Crippen LogP contribution in [-0.2, 0) is 0 Å². The molecule has 1 aromatic heterocycles. The summed E-state index contributed by atoms with van der Waals surface area (Å²) in [6, 6.07) is 9.58. The Balaban J connectivity index is 1.51. The first-order chi connectivity index (χ1) is 12.5. The molecule has 1 aromatic carbocycles. The van der Waals surface area contributed by atoms with Crippen molar-refractivity contribution >= 4 is 11.6 Å². The van der Waals surface area contributed by atoms with Crippen LogP contribution in [0.25, 0.3) is 0 Å². The maximum atomic E-state index is 12.9. The first-order valence-electron chi connectivity index (χ1n) is 8.86. The maximum absolute atomic E-state index is 12.9. The van der Waals surface area contributed by atoms with E-state index in [1.807, 2.05) is 25.9 Å². The summed E-state index contributed by atoms with van der Waals surface area (Å²) >= 11 is 0. The van der Waals surface area contributed by atoms with Crippen molar-refractivity contribution in [3.05, 3.63) is 47.3 Å². The normalized spacial score (nSPS) is 18.3. The lowest BCUT2D eigenvalue weighted by Crippen LogP contribution is -2.28. The van der Waals surface area contributed by atoms with E-state index >= 15 is 0 Å². The molecule has 0 radical (unpaired) electrons. The van der Waals surface area contributed by atoms with E-state index in [4.69, 9.17) is 14.5 Å². The van der Waals surface area contributed by atoms with Gasteiger partial charge in [0.1, 0.15) is 0 Å². The molecule has 0 spiro atoms. The van der Waals surface area contributed by atoms with Gasteiger partial charge in [-0.3, -0.25) is 9.78 Å². The summed E-state index contributed by atoms with van der Waals surface area (Å²) in [5.41, 5.74) is 3.86. The fraction of sp³-hybridized carbons (Fsp3) is 0.400. The Morgan fingerprint density at radius 2 is 2.00 bits per heavy atom. The van der Waals surface area contributed by atoms with E-state index in [1.165, 1.54) is 0 Å². The predicted octanol–water partition coefficient (Wildman–Crippen LogP) is 2.81. The van der Waals surface area contributed by atoms with Crippen molar-refractivity contribution in [2.75, 3.05) is 38.9 Å². The number of aromatic nitrogens is 1. The van der Waals surface area contributed by atoms with E-state index < -0.39 is 0 Å². The SMILES string of the molecule is Cc1cc(N(C)C)cc([C@H]2CCN(C(=O)c3ccc4c(c3)OCO4)C2)n1. The maximum Gasteiger partial charge on any atom is 0.254 e. The number of carbonyl (C=O) groups excluding carboxylic acids is 1. The molecule has 0 aliphatic carbocycles. The summed E-state index contributed by atoms with van der Waals surface area (Å²) in [5, 5.41) is 0. The number of nitrogens with zero attached hydrogens (tertiary/aromatic N) is 3. The fourth-order valence-corrected chi connectivity index (χ4v) is 3.54. The van der Waals surface area contributed by atoms with Crippen molar-refractivity contribution in [1.82, 2.24) is 9.88 Å². The third-order valence-corrected chi connectivity index (χ3v) is 4.99. The van der Waals surface area contributed by atoms with Crippen molar-refractivity contribution in [1.29, 1.82) is 0 Å². The molecule has 6 heteroatoms. The molecule has 1 amide bonds. The smallest absolute Gasteiger partial charge is 0.254 e. The van der Waals surface area contributed by atoms with Gasteiger partial charge in [-0.1, -0.05) is 0 Å². The van der Waals surface area contributed by atoms with Gasteiger partial charge in [0.2, 0.25) is 6.79 Å². The molecule has 26 heavy (non-hydrogen) atoms. The Labute approximate surface area is 153 Å². The Morgan fingerprint density at radius 1 is 1.19 bits per heavy atom. The third-order valence-electron chi connectivity index (χ3n) is 4.99. The molecule has 136 valence electrons. The lowest BCUT2D eigenvalue weighted by molar-refractivity contribution is 0.0790. The number of benzene rings is 1. The quantitative estimate of drug-likeness (QED) is 0.849. The Hall–Kier alpha value is -2.76. The Bertz CT molecular complexity index is 850. The van der Waals surface area contributed by atoms with Crippen LogP contribution in [0.1, 0.15) is 34.1 Å². The number of likely N-dealkylation sites (tertiary alicyclic amines) is 1. The van der Waals surface area contributed by atoms with Crippen LogP contribution in [0.4, 0.5) is 5.69 Å². The molecule has 6 nitrogen and oxygen atoms in total. The van der Waals surface area contributed by atoms with Crippen LogP contribution in [0.5, 0.6) is 11.5 Å². The molecule has 0 N–H and O–H groups in total. The van der Waals surface area contributed by atoms with Crippen molar-refractivity contribution in [3.8, 4) is 11.5 Å². The minimum atomic E-state index is 0.0336. The molecule has 0 bridgehead atoms. The number of rotatable bonds is 3. The Kier molecular flexibility index (Phi) is 4.18. The predicted molar refractivity (Wildman–Crippen MR) is 99.1 cm³/mol. The van der Waals surface area contributed by atoms with Gasteiger partial charge in [-0.05, 0) is 43.7 Å². The number of ether oxygens (including phenoxy) is 2. The number of hydrogen-bond donors (Lipinski definition) is 0. The highest BCUT2D eigenvalue weighted by Gasteiger charge is 2.30. The molecule has 1 atom stereocenters. The zero-order valence-corrected chi connectivity index (χ0v) is 15.4. The minimum Gasteiger partial charge on any atom is -0.454 e. The van der Waals surface area contributed by atoms with Gasteiger partial charge in [0, 0.05) is 55.7 Å². The Morgan fingerprint density at radius 3 is 2.81 bits per heavy atom. The lowest BCUT2D eigenvalue weighted by Gasteiger charge is -2.19. The van der Waals surface area contributed by atoms with E-state index in [1.54, 1.807) is 18.2 Å². The van der Waals surface area contributed by atoms with Gasteiger partial charge in [-0.2, -0.15) is 0 Å². The highest BCUT2D eigenvalue weighted by molar-refractivity contribution is 5.95. The van der Waals surface area contributed by atoms with E-state index in [0.29, 0.717) is 23.6 Å². The van der Waals surface area contributed by atoms with E-state index in [0.717, 1.165) is 30.0 Å². The summed E-state index contributed by atoms with van der Waals surface area (Å²) < 4.78 is 10.7. The van der Waals surface area contributed by atoms with E-state index in [-0.39, 0.29) is 18.6 Å². The van der Waals surface area contributed by atoms with Gasteiger partial charge >= 0.3 is 0 Å². The van der Waals surface area contributed by atoms with Crippen LogP contribution in [0.2, 0.25) is 0 Å². The summed E-state index contributed by atoms with van der Waals surface area (Å²) in [4.78, 5) is 21.6. The zero-order valence-electron chi connectivity index (χ0n) is 15.4. The zero-order chi connectivity index (χ0) is 18.3. The molecule has 1 saturated heterocycles. The number of aryl methyl sites for hydroxylation is 1. The molecule has 2 aliphatic rings. The van der Waals surface area contributed by atoms with Crippen molar-refractivity contribution < 1.29 is 14.3 Å². The molecular weight excluding hydrogens is 330 g/mol. The van der Waals surface area contributed by atoms with Crippen molar-refractivity contribution in [2.45, 2.75) is 19.3 Å². The average molecular weight is 353 g/mol. The average Bonchev–Trinajstić information content (AvgIpc) is 3.29. The molecular formula is C20H23N3O3. The standard InChI is InChI=1S/C20H23N3O3/c1-13-8-16(22(2)3)10-17(21-13)15-6-7-23(11-15)20(24)14-4-5-18-19(9-14)26-12-25-18/h4-5,8-10,15H,6-7,11-12H2,1-3H3/t15-/m0/s1. The minimum absolute atomic E-state index is 0.0336. The topological polar surface area (TPSA) is 54.9 Å². The number of hydrogen-bond acceptors (Lipinski definition) is 5. The second-order valence-electron chi connectivity index (χ2n) is 7.09.